The highest BCUT2D eigenvalue weighted by atomic mass is 19.4. The zero-order valence-corrected chi connectivity index (χ0v) is 12.3. The second kappa shape index (κ2) is 5.54. The molecule has 1 aliphatic rings. The maximum atomic E-state index is 12.8. The van der Waals surface area contributed by atoms with Gasteiger partial charge in [-0.2, -0.15) is 18.3 Å². The van der Waals surface area contributed by atoms with E-state index in [9.17, 15) is 23.1 Å². The molecule has 1 fully saturated rings. The lowest BCUT2D eigenvalue weighted by Gasteiger charge is -2.30. The molecular weight excluding hydrogens is 301 g/mol. The summed E-state index contributed by atoms with van der Waals surface area (Å²) in [6.45, 7) is 0.424. The molecule has 0 aromatic carbocycles. The minimum Gasteiger partial charge on any atom is -0.380 e. The van der Waals surface area contributed by atoms with E-state index in [0.29, 0.717) is 0 Å². The van der Waals surface area contributed by atoms with Gasteiger partial charge in [0.25, 0.3) is 0 Å². The molecule has 1 amide bonds. The number of carbonyl (C=O) groups is 1. The second-order valence-corrected chi connectivity index (χ2v) is 6.03. The molecule has 0 saturated carbocycles. The topological polar surface area (TPSA) is 84.4 Å². The maximum Gasteiger partial charge on any atom is 0.418 e. The minimum atomic E-state index is -4.73. The molecule has 6 nitrogen and oxygen atoms in total. The fourth-order valence-electron chi connectivity index (χ4n) is 2.80. The number of primary amides is 1. The van der Waals surface area contributed by atoms with Crippen LogP contribution < -0.4 is 5.73 Å². The Balaban J connectivity index is 2.16. The van der Waals surface area contributed by atoms with E-state index in [4.69, 9.17) is 5.73 Å². The first kappa shape index (κ1) is 16.8. The molecule has 2 rings (SSSR count). The van der Waals surface area contributed by atoms with Crippen molar-refractivity contribution in [2.75, 3.05) is 19.6 Å². The smallest absolute Gasteiger partial charge is 0.380 e. The van der Waals surface area contributed by atoms with Crippen molar-refractivity contribution in [3.05, 3.63) is 18.0 Å². The average Bonchev–Trinajstić information content (AvgIpc) is 2.93. The number of aryl methyl sites for hydroxylation is 1. The van der Waals surface area contributed by atoms with Crippen LogP contribution in [0.15, 0.2) is 12.4 Å². The lowest BCUT2D eigenvalue weighted by atomic mass is 9.90. The number of aliphatic hydroxyl groups is 1. The van der Waals surface area contributed by atoms with Crippen molar-refractivity contribution in [3.63, 3.8) is 0 Å². The Kier molecular flexibility index (Phi) is 4.22. The van der Waals surface area contributed by atoms with Crippen LogP contribution in [0.3, 0.4) is 0 Å². The van der Waals surface area contributed by atoms with Crippen molar-refractivity contribution in [2.45, 2.75) is 24.6 Å². The molecule has 22 heavy (non-hydrogen) atoms. The van der Waals surface area contributed by atoms with Crippen molar-refractivity contribution in [2.24, 2.45) is 18.7 Å². The van der Waals surface area contributed by atoms with Gasteiger partial charge in [0.2, 0.25) is 5.91 Å². The van der Waals surface area contributed by atoms with Gasteiger partial charge in [-0.25, -0.2) is 0 Å². The van der Waals surface area contributed by atoms with E-state index >= 15 is 0 Å². The molecule has 0 radical (unpaired) electrons. The second-order valence-electron chi connectivity index (χ2n) is 6.03. The Morgan fingerprint density at radius 3 is 2.59 bits per heavy atom. The van der Waals surface area contributed by atoms with Gasteiger partial charge in [0, 0.05) is 38.8 Å². The van der Waals surface area contributed by atoms with Crippen LogP contribution in [-0.2, 0) is 11.8 Å². The van der Waals surface area contributed by atoms with Gasteiger partial charge < -0.3 is 10.8 Å². The predicted molar refractivity (Wildman–Crippen MR) is 71.8 cm³/mol. The van der Waals surface area contributed by atoms with Crippen LogP contribution in [0.4, 0.5) is 13.2 Å². The van der Waals surface area contributed by atoms with E-state index in [2.05, 4.69) is 5.10 Å². The number of rotatable bonds is 4. The molecule has 1 aromatic rings. The first-order valence-corrected chi connectivity index (χ1v) is 6.80. The van der Waals surface area contributed by atoms with E-state index in [1.54, 1.807) is 24.1 Å². The van der Waals surface area contributed by atoms with Gasteiger partial charge >= 0.3 is 6.18 Å². The highest BCUT2D eigenvalue weighted by molar-refractivity contribution is 5.78. The molecule has 3 atom stereocenters. The van der Waals surface area contributed by atoms with Gasteiger partial charge in [-0.15, -0.1) is 0 Å². The number of carbonyl (C=O) groups excluding carboxylic acids is 1. The van der Waals surface area contributed by atoms with E-state index in [1.165, 1.54) is 4.90 Å². The van der Waals surface area contributed by atoms with Crippen molar-refractivity contribution >= 4 is 5.91 Å². The van der Waals surface area contributed by atoms with Gasteiger partial charge in [-0.1, -0.05) is 0 Å². The Morgan fingerprint density at radius 2 is 2.14 bits per heavy atom. The molecule has 1 saturated heterocycles. The van der Waals surface area contributed by atoms with Gasteiger partial charge in [0.05, 0.1) is 12.1 Å². The normalized spacial score (nSPS) is 26.1. The summed E-state index contributed by atoms with van der Waals surface area (Å²) < 4.78 is 39.9. The van der Waals surface area contributed by atoms with Crippen LogP contribution in [0.25, 0.3) is 0 Å². The lowest BCUT2D eigenvalue weighted by molar-refractivity contribution is -0.256. The summed E-state index contributed by atoms with van der Waals surface area (Å²) in [5.74, 6) is -1.49. The number of amides is 1. The lowest BCUT2D eigenvalue weighted by Crippen LogP contribution is -2.51. The molecule has 0 bridgehead atoms. The number of aromatic nitrogens is 2. The first-order chi connectivity index (χ1) is 10.0. The molecule has 9 heteroatoms. The molecule has 2 heterocycles. The quantitative estimate of drug-likeness (QED) is 0.832. The highest BCUT2D eigenvalue weighted by Gasteiger charge is 2.52. The van der Waals surface area contributed by atoms with Crippen LogP contribution in [0.1, 0.15) is 18.4 Å². The number of halogens is 3. The minimum absolute atomic E-state index is 0.0844. The Morgan fingerprint density at radius 1 is 1.50 bits per heavy atom. The summed E-state index contributed by atoms with van der Waals surface area (Å²) >= 11 is 0. The van der Waals surface area contributed by atoms with Crippen molar-refractivity contribution < 1.29 is 23.1 Å². The SMILES string of the molecule is Cn1cc([C@H]2CN(CC(C)(O)C(F)(F)F)C[C@@H]2C(N)=O)cn1. The standard InChI is InChI=1S/C13H19F3N4O2/c1-12(22,13(14,15)16)7-20-5-9(10(6-20)11(17)21)8-3-18-19(2)4-8/h3-4,9-10,22H,5-7H2,1-2H3,(H2,17,21)/t9-,10+,12?/m1/s1. The number of alkyl halides is 3. The van der Waals surface area contributed by atoms with Crippen LogP contribution in [-0.4, -0.2) is 57.1 Å². The van der Waals surface area contributed by atoms with Crippen molar-refractivity contribution in [1.29, 1.82) is 0 Å². The van der Waals surface area contributed by atoms with Gasteiger partial charge in [-0.3, -0.25) is 14.4 Å². The Labute approximate surface area is 125 Å². The third kappa shape index (κ3) is 3.25. The van der Waals surface area contributed by atoms with Crippen LogP contribution in [0.2, 0.25) is 0 Å². The van der Waals surface area contributed by atoms with Crippen molar-refractivity contribution in [1.82, 2.24) is 14.7 Å². The number of nitrogens with two attached hydrogens (primary N) is 1. The highest BCUT2D eigenvalue weighted by Crippen LogP contribution is 2.36. The Bertz CT molecular complexity index is 556. The van der Waals surface area contributed by atoms with Crippen molar-refractivity contribution in [3.8, 4) is 0 Å². The predicted octanol–water partition coefficient (Wildman–Crippen LogP) is 0.234. The van der Waals surface area contributed by atoms with Crippen LogP contribution in [0.5, 0.6) is 0 Å². The maximum absolute atomic E-state index is 12.8. The number of hydrogen-bond donors (Lipinski definition) is 2. The zero-order valence-electron chi connectivity index (χ0n) is 12.3. The fourth-order valence-corrected chi connectivity index (χ4v) is 2.80. The fraction of sp³-hybridized carbons (Fsp3) is 0.692. The summed E-state index contributed by atoms with van der Waals surface area (Å²) in [6.07, 6.45) is -1.44. The molecule has 1 aromatic heterocycles. The van der Waals surface area contributed by atoms with E-state index in [1.807, 2.05) is 0 Å². The average molecular weight is 320 g/mol. The molecule has 1 unspecified atom stereocenters. The monoisotopic (exact) mass is 320 g/mol. The molecule has 0 aliphatic carbocycles. The van der Waals surface area contributed by atoms with Gasteiger partial charge in [0.1, 0.15) is 0 Å². The number of β-amino-alcohol motifs (C(OH)–C–C–N with tert-alkyl or cyclic N) is 1. The summed E-state index contributed by atoms with van der Waals surface area (Å²) in [7, 11) is 1.71. The summed E-state index contributed by atoms with van der Waals surface area (Å²) in [5.41, 5.74) is 3.28. The largest absolute Gasteiger partial charge is 0.418 e. The molecule has 0 spiro atoms. The molecular formula is C13H19F3N4O2. The molecule has 1 aliphatic heterocycles. The van der Waals surface area contributed by atoms with E-state index in [-0.39, 0.29) is 19.0 Å². The first-order valence-electron chi connectivity index (χ1n) is 6.80. The van der Waals surface area contributed by atoms with Gasteiger partial charge in [0.15, 0.2) is 5.60 Å². The summed E-state index contributed by atoms with van der Waals surface area (Å²) in [4.78, 5) is 13.0. The zero-order chi connectivity index (χ0) is 16.7. The third-order valence-corrected chi connectivity index (χ3v) is 4.06. The Hall–Kier alpha value is -1.61. The third-order valence-electron chi connectivity index (χ3n) is 4.06. The summed E-state index contributed by atoms with van der Waals surface area (Å²) in [5, 5.41) is 13.6. The van der Waals surface area contributed by atoms with E-state index < -0.39 is 30.1 Å². The van der Waals surface area contributed by atoms with Crippen LogP contribution >= 0.6 is 0 Å². The summed E-state index contributed by atoms with van der Waals surface area (Å²) in [6, 6.07) is 0. The van der Waals surface area contributed by atoms with Gasteiger partial charge in [-0.05, 0) is 12.5 Å². The molecule has 124 valence electrons. The van der Waals surface area contributed by atoms with Crippen LogP contribution in [0, 0.1) is 5.92 Å². The van der Waals surface area contributed by atoms with E-state index in [0.717, 1.165) is 12.5 Å². The number of likely N-dealkylation sites (tertiary alicyclic amines) is 1. The number of hydrogen-bond acceptors (Lipinski definition) is 4. The number of nitrogens with zero attached hydrogens (tertiary/aromatic N) is 3. The molecule has 3 N–H and O–H groups in total.